The van der Waals surface area contributed by atoms with Crippen LogP contribution in [0.4, 0.5) is 5.69 Å². The monoisotopic (exact) mass is 443 g/mol. The largest absolute Gasteiger partial charge is 0.497 e. The molecule has 0 radical (unpaired) electrons. The van der Waals surface area contributed by atoms with Crippen molar-refractivity contribution in [3.63, 3.8) is 0 Å². The molecule has 4 aromatic rings. The standard InChI is InChI=1S/C26H25N3O4/c1-5-17-10-6-9-13-23(17)28(2)26(31)24-21-11-7-8-12-22(21)25(30)29(27-24)18-14-19(32-3)16-20(15-18)33-4/h6-16H,5H2,1-4H3. The van der Waals surface area contributed by atoms with Gasteiger partial charge in [-0.25, -0.2) is 0 Å². The second-order valence-electron chi connectivity index (χ2n) is 7.53. The molecule has 7 nitrogen and oxygen atoms in total. The van der Waals surface area contributed by atoms with E-state index in [4.69, 9.17) is 9.47 Å². The summed E-state index contributed by atoms with van der Waals surface area (Å²) >= 11 is 0. The van der Waals surface area contributed by atoms with Gasteiger partial charge >= 0.3 is 0 Å². The first kappa shape index (κ1) is 22.1. The number of fused-ring (bicyclic) bond motifs is 1. The summed E-state index contributed by atoms with van der Waals surface area (Å²) in [6, 6.07) is 19.8. The minimum Gasteiger partial charge on any atom is -0.497 e. The van der Waals surface area contributed by atoms with Gasteiger partial charge in [0.25, 0.3) is 11.5 Å². The topological polar surface area (TPSA) is 73.7 Å². The van der Waals surface area contributed by atoms with Gasteiger partial charge in [0.1, 0.15) is 11.5 Å². The maximum atomic E-state index is 13.7. The fourth-order valence-electron chi connectivity index (χ4n) is 3.84. The number of anilines is 1. The van der Waals surface area contributed by atoms with Crippen LogP contribution in [0, 0.1) is 0 Å². The molecule has 0 unspecified atom stereocenters. The first-order valence-corrected chi connectivity index (χ1v) is 10.6. The second kappa shape index (κ2) is 9.16. The summed E-state index contributed by atoms with van der Waals surface area (Å²) in [6.45, 7) is 2.04. The Labute approximate surface area is 191 Å². The van der Waals surface area contributed by atoms with Crippen molar-refractivity contribution in [2.45, 2.75) is 13.3 Å². The van der Waals surface area contributed by atoms with Gasteiger partial charge in [-0.05, 0) is 24.1 Å². The lowest BCUT2D eigenvalue weighted by molar-refractivity contribution is 0.0988. The van der Waals surface area contributed by atoms with Gasteiger partial charge in [0.2, 0.25) is 0 Å². The number of hydrogen-bond donors (Lipinski definition) is 0. The Morgan fingerprint density at radius 2 is 1.55 bits per heavy atom. The third-order valence-corrected chi connectivity index (χ3v) is 5.63. The quantitative estimate of drug-likeness (QED) is 0.446. The molecule has 168 valence electrons. The molecule has 0 bridgehead atoms. The Morgan fingerprint density at radius 3 is 2.18 bits per heavy atom. The van der Waals surface area contributed by atoms with E-state index in [1.807, 2.05) is 31.2 Å². The van der Waals surface area contributed by atoms with Crippen molar-refractivity contribution in [1.82, 2.24) is 9.78 Å². The Bertz CT molecular complexity index is 1370. The van der Waals surface area contributed by atoms with Gasteiger partial charge in [-0.3, -0.25) is 9.59 Å². The zero-order valence-corrected chi connectivity index (χ0v) is 19.0. The molecule has 0 aliphatic carbocycles. The lowest BCUT2D eigenvalue weighted by atomic mass is 10.1. The SMILES string of the molecule is CCc1ccccc1N(C)C(=O)c1nn(-c2cc(OC)cc(OC)c2)c(=O)c2ccccc12. The molecule has 4 rings (SSSR count). The highest BCUT2D eigenvalue weighted by Gasteiger charge is 2.23. The van der Waals surface area contributed by atoms with E-state index in [1.54, 1.807) is 54.4 Å². The number of aryl methyl sites for hydroxylation is 1. The molecule has 3 aromatic carbocycles. The van der Waals surface area contributed by atoms with Crippen molar-refractivity contribution < 1.29 is 14.3 Å². The summed E-state index contributed by atoms with van der Waals surface area (Å²) in [5.41, 5.74) is 2.13. The number of rotatable bonds is 6. The lowest BCUT2D eigenvalue weighted by Gasteiger charge is -2.21. The van der Waals surface area contributed by atoms with Crippen LogP contribution in [0.2, 0.25) is 0 Å². The Morgan fingerprint density at radius 1 is 0.939 bits per heavy atom. The highest BCUT2D eigenvalue weighted by atomic mass is 16.5. The lowest BCUT2D eigenvalue weighted by Crippen LogP contribution is -2.32. The molecule has 7 heteroatoms. The molecule has 0 saturated heterocycles. The maximum absolute atomic E-state index is 13.7. The molecule has 0 spiro atoms. The van der Waals surface area contributed by atoms with Crippen LogP contribution in [0.1, 0.15) is 23.0 Å². The first-order chi connectivity index (χ1) is 16.0. The van der Waals surface area contributed by atoms with Crippen molar-refractivity contribution in [2.75, 3.05) is 26.2 Å². The summed E-state index contributed by atoms with van der Waals surface area (Å²) in [6.07, 6.45) is 0.783. The molecule has 0 aliphatic heterocycles. The van der Waals surface area contributed by atoms with Crippen molar-refractivity contribution in [3.8, 4) is 17.2 Å². The first-order valence-electron chi connectivity index (χ1n) is 10.6. The average molecular weight is 444 g/mol. The second-order valence-corrected chi connectivity index (χ2v) is 7.53. The fourth-order valence-corrected chi connectivity index (χ4v) is 3.84. The predicted molar refractivity (Wildman–Crippen MR) is 129 cm³/mol. The predicted octanol–water partition coefficient (Wildman–Crippen LogP) is 4.24. The smallest absolute Gasteiger partial charge is 0.279 e. The molecule has 0 N–H and O–H groups in total. The van der Waals surface area contributed by atoms with Crippen LogP contribution in [-0.2, 0) is 6.42 Å². The molecule has 0 aliphatic rings. The van der Waals surface area contributed by atoms with Crippen LogP contribution in [0.3, 0.4) is 0 Å². The van der Waals surface area contributed by atoms with Gasteiger partial charge in [0.05, 0.1) is 25.3 Å². The van der Waals surface area contributed by atoms with Gasteiger partial charge in [0.15, 0.2) is 5.69 Å². The number of benzene rings is 3. The minimum atomic E-state index is -0.339. The third-order valence-electron chi connectivity index (χ3n) is 5.63. The van der Waals surface area contributed by atoms with Crippen LogP contribution in [0.15, 0.2) is 71.5 Å². The molecule has 33 heavy (non-hydrogen) atoms. The average Bonchev–Trinajstić information content (AvgIpc) is 2.87. The molecule has 1 aromatic heterocycles. The van der Waals surface area contributed by atoms with Crippen molar-refractivity contribution in [3.05, 3.63) is 88.3 Å². The number of para-hydroxylation sites is 1. The van der Waals surface area contributed by atoms with E-state index in [0.717, 1.165) is 17.7 Å². The van der Waals surface area contributed by atoms with Crippen molar-refractivity contribution in [1.29, 1.82) is 0 Å². The molecular weight excluding hydrogens is 418 g/mol. The highest BCUT2D eigenvalue weighted by molar-refractivity contribution is 6.12. The van der Waals surface area contributed by atoms with E-state index in [9.17, 15) is 9.59 Å². The normalized spacial score (nSPS) is 10.8. The van der Waals surface area contributed by atoms with Crippen molar-refractivity contribution in [2.24, 2.45) is 0 Å². The Kier molecular flexibility index (Phi) is 6.13. The zero-order valence-electron chi connectivity index (χ0n) is 19.0. The molecule has 0 saturated carbocycles. The summed E-state index contributed by atoms with van der Waals surface area (Å²) in [5, 5.41) is 5.42. The molecule has 0 atom stereocenters. The van der Waals surface area contributed by atoms with E-state index in [2.05, 4.69) is 5.10 Å². The Balaban J connectivity index is 1.94. The molecule has 1 heterocycles. The summed E-state index contributed by atoms with van der Waals surface area (Å²) in [5.74, 6) is 0.705. The number of hydrogen-bond acceptors (Lipinski definition) is 5. The van der Waals surface area contributed by atoms with Crippen LogP contribution in [-0.4, -0.2) is 37.0 Å². The van der Waals surface area contributed by atoms with E-state index >= 15 is 0 Å². The zero-order chi connectivity index (χ0) is 23.5. The van der Waals surface area contributed by atoms with Crippen LogP contribution in [0.25, 0.3) is 16.5 Å². The third kappa shape index (κ3) is 4.05. The molecule has 1 amide bonds. The fraction of sp³-hybridized carbons (Fsp3) is 0.192. The summed E-state index contributed by atoms with van der Waals surface area (Å²) < 4.78 is 11.9. The van der Waals surface area contributed by atoms with E-state index in [0.29, 0.717) is 28.0 Å². The summed E-state index contributed by atoms with van der Waals surface area (Å²) in [4.78, 5) is 28.6. The molecular formula is C26H25N3O4. The number of aromatic nitrogens is 2. The number of methoxy groups -OCH3 is 2. The van der Waals surface area contributed by atoms with E-state index in [1.165, 1.54) is 18.9 Å². The van der Waals surface area contributed by atoms with E-state index in [-0.39, 0.29) is 17.2 Å². The minimum absolute atomic E-state index is 0.181. The van der Waals surface area contributed by atoms with E-state index < -0.39 is 0 Å². The number of nitrogens with zero attached hydrogens (tertiary/aromatic N) is 3. The van der Waals surface area contributed by atoms with Crippen LogP contribution in [0.5, 0.6) is 11.5 Å². The molecule has 0 fully saturated rings. The van der Waals surface area contributed by atoms with Gasteiger partial charge < -0.3 is 14.4 Å². The number of carbonyl (C=O) groups is 1. The number of ether oxygens (including phenoxy) is 2. The highest BCUT2D eigenvalue weighted by Crippen LogP contribution is 2.26. The van der Waals surface area contributed by atoms with Gasteiger partial charge in [-0.2, -0.15) is 9.78 Å². The van der Waals surface area contributed by atoms with Crippen molar-refractivity contribution >= 4 is 22.4 Å². The summed E-state index contributed by atoms with van der Waals surface area (Å²) in [7, 11) is 4.78. The van der Waals surface area contributed by atoms with Gasteiger partial charge in [0, 0.05) is 36.3 Å². The van der Waals surface area contributed by atoms with Gasteiger partial charge in [-0.15, -0.1) is 0 Å². The number of amides is 1. The van der Waals surface area contributed by atoms with Gasteiger partial charge in [-0.1, -0.05) is 43.3 Å². The Hall–Kier alpha value is -4.13. The number of carbonyl (C=O) groups excluding carboxylic acids is 1. The van der Waals surface area contributed by atoms with Crippen LogP contribution >= 0.6 is 0 Å². The maximum Gasteiger partial charge on any atom is 0.279 e. The van der Waals surface area contributed by atoms with Crippen LogP contribution < -0.4 is 19.9 Å².